The molecule has 1 atom stereocenters. The fraction of sp³-hybridized carbons (Fsp3) is 0.200. The number of rotatable bonds is 1. The smallest absolute Gasteiger partial charge is 0.258 e. The van der Waals surface area contributed by atoms with Crippen LogP contribution in [0.1, 0.15) is 22.9 Å². The van der Waals surface area contributed by atoms with E-state index < -0.39 is 5.92 Å². The molecule has 106 valence electrons. The summed E-state index contributed by atoms with van der Waals surface area (Å²) in [7, 11) is 1.67. The number of aromatic nitrogens is 1. The molecule has 3 rings (SSSR count). The topological polar surface area (TPSA) is 94.2 Å². The first-order valence-corrected chi connectivity index (χ1v) is 6.36. The van der Waals surface area contributed by atoms with Crippen molar-refractivity contribution in [2.75, 3.05) is 0 Å². The summed E-state index contributed by atoms with van der Waals surface area (Å²) in [4.78, 5) is 12.6. The Morgan fingerprint density at radius 2 is 2.24 bits per heavy atom. The summed E-state index contributed by atoms with van der Waals surface area (Å²) in [5.74, 6) is 0.209. The van der Waals surface area contributed by atoms with E-state index in [1.807, 2.05) is 6.07 Å². The quantitative estimate of drug-likeness (QED) is 0.856. The van der Waals surface area contributed by atoms with Gasteiger partial charge < -0.3 is 19.5 Å². The molecule has 0 aliphatic carbocycles. The third-order valence-electron chi connectivity index (χ3n) is 3.68. The minimum Gasteiger partial charge on any atom is -0.468 e. The summed E-state index contributed by atoms with van der Waals surface area (Å²) in [5.41, 5.74) is 6.88. The molecule has 0 bridgehead atoms. The Balaban J connectivity index is 2.36. The second kappa shape index (κ2) is 4.56. The Morgan fingerprint density at radius 1 is 1.48 bits per heavy atom. The first-order chi connectivity index (χ1) is 10.0. The third-order valence-corrected chi connectivity index (χ3v) is 3.68. The summed E-state index contributed by atoms with van der Waals surface area (Å²) in [6.45, 7) is 1.80. The van der Waals surface area contributed by atoms with Gasteiger partial charge in [0.1, 0.15) is 23.2 Å². The summed E-state index contributed by atoms with van der Waals surface area (Å²) in [5, 5.41) is 9.35. The maximum absolute atomic E-state index is 12.6. The van der Waals surface area contributed by atoms with Crippen molar-refractivity contribution in [2.24, 2.45) is 12.8 Å². The van der Waals surface area contributed by atoms with Gasteiger partial charge in [-0.25, -0.2) is 0 Å². The molecule has 21 heavy (non-hydrogen) atoms. The average molecular weight is 283 g/mol. The van der Waals surface area contributed by atoms with Crippen molar-refractivity contribution in [3.63, 3.8) is 0 Å². The number of nitriles is 1. The van der Waals surface area contributed by atoms with Gasteiger partial charge in [0.2, 0.25) is 5.88 Å². The summed E-state index contributed by atoms with van der Waals surface area (Å²) >= 11 is 0. The Kier molecular flexibility index (Phi) is 2.84. The first kappa shape index (κ1) is 13.1. The van der Waals surface area contributed by atoms with E-state index in [4.69, 9.17) is 14.9 Å². The van der Waals surface area contributed by atoms with Crippen LogP contribution >= 0.6 is 0 Å². The number of hydrogen-bond acceptors (Lipinski definition) is 5. The minimum atomic E-state index is -0.645. The number of nitrogens with two attached hydrogens (primary N) is 1. The molecule has 2 N–H and O–H groups in total. The number of aryl methyl sites for hydroxylation is 1. The molecule has 2 aromatic rings. The molecule has 0 aromatic carbocycles. The van der Waals surface area contributed by atoms with Crippen molar-refractivity contribution in [1.82, 2.24) is 4.57 Å². The fourth-order valence-corrected chi connectivity index (χ4v) is 2.48. The second-order valence-corrected chi connectivity index (χ2v) is 4.87. The highest BCUT2D eigenvalue weighted by atomic mass is 16.5. The molecule has 0 unspecified atom stereocenters. The second-order valence-electron chi connectivity index (χ2n) is 4.87. The van der Waals surface area contributed by atoms with E-state index in [-0.39, 0.29) is 17.0 Å². The first-order valence-electron chi connectivity index (χ1n) is 6.36. The summed E-state index contributed by atoms with van der Waals surface area (Å²) < 4.78 is 12.4. The van der Waals surface area contributed by atoms with Crippen LogP contribution in [0.3, 0.4) is 0 Å². The molecule has 6 nitrogen and oxygen atoms in total. The maximum atomic E-state index is 12.6. The lowest BCUT2D eigenvalue weighted by Gasteiger charge is -2.25. The van der Waals surface area contributed by atoms with Crippen LogP contribution in [-0.4, -0.2) is 4.57 Å². The van der Waals surface area contributed by atoms with E-state index >= 15 is 0 Å². The van der Waals surface area contributed by atoms with E-state index in [1.165, 1.54) is 10.8 Å². The van der Waals surface area contributed by atoms with Gasteiger partial charge in [0.15, 0.2) is 0 Å². The van der Waals surface area contributed by atoms with Crippen molar-refractivity contribution < 1.29 is 9.15 Å². The molecule has 2 aromatic heterocycles. The lowest BCUT2D eigenvalue weighted by atomic mass is 9.88. The molecule has 6 heteroatoms. The monoisotopic (exact) mass is 283 g/mol. The van der Waals surface area contributed by atoms with Crippen molar-refractivity contribution in [2.45, 2.75) is 12.8 Å². The number of allylic oxidation sites excluding steroid dienone is 1. The lowest BCUT2D eigenvalue weighted by Crippen LogP contribution is -2.31. The SMILES string of the molecule is Cc1cc2c(c(=O)n1C)[C@H](c1ccco1)C(C#N)=C(N)O2. The Hall–Kier alpha value is -2.94. The zero-order valence-corrected chi connectivity index (χ0v) is 11.6. The zero-order chi connectivity index (χ0) is 15.1. The average Bonchev–Trinajstić information content (AvgIpc) is 2.97. The van der Waals surface area contributed by atoms with Gasteiger partial charge >= 0.3 is 0 Å². The molecule has 3 heterocycles. The van der Waals surface area contributed by atoms with Crippen molar-refractivity contribution in [3.8, 4) is 11.8 Å². The molecular formula is C15H13N3O3. The van der Waals surface area contributed by atoms with E-state index in [1.54, 1.807) is 32.2 Å². The normalized spacial score (nSPS) is 17.1. The molecule has 0 radical (unpaired) electrons. The Bertz CT molecular complexity index is 838. The Labute approximate surface area is 120 Å². The van der Waals surface area contributed by atoms with Gasteiger partial charge in [0.25, 0.3) is 5.56 Å². The van der Waals surface area contributed by atoms with Crippen LogP contribution < -0.4 is 16.0 Å². The molecule has 0 spiro atoms. The molecule has 0 amide bonds. The number of fused-ring (bicyclic) bond motifs is 1. The van der Waals surface area contributed by atoms with Crippen molar-refractivity contribution >= 4 is 0 Å². The lowest BCUT2D eigenvalue weighted by molar-refractivity contribution is 0.379. The molecule has 0 saturated heterocycles. The van der Waals surface area contributed by atoms with Crippen LogP contribution in [0.2, 0.25) is 0 Å². The number of hydrogen-bond donors (Lipinski definition) is 1. The molecule has 0 fully saturated rings. The van der Waals surface area contributed by atoms with E-state index in [0.717, 1.165) is 5.69 Å². The van der Waals surface area contributed by atoms with Gasteiger partial charge in [0, 0.05) is 18.8 Å². The minimum absolute atomic E-state index is 0.000877. The van der Waals surface area contributed by atoms with Gasteiger partial charge in [-0.2, -0.15) is 5.26 Å². The van der Waals surface area contributed by atoms with E-state index in [9.17, 15) is 10.1 Å². The Morgan fingerprint density at radius 3 is 2.86 bits per heavy atom. The molecule has 0 saturated carbocycles. The standard InChI is InChI=1S/C15H13N3O3/c1-8-6-11-13(15(19)18(8)2)12(10-4-3-5-20-10)9(7-16)14(17)21-11/h3-6,12H,17H2,1-2H3/t12-/m0/s1. The van der Waals surface area contributed by atoms with Crippen LogP contribution in [0.25, 0.3) is 0 Å². The van der Waals surface area contributed by atoms with Crippen LogP contribution in [0, 0.1) is 18.3 Å². The largest absolute Gasteiger partial charge is 0.468 e. The fourth-order valence-electron chi connectivity index (χ4n) is 2.48. The number of ether oxygens (including phenoxy) is 1. The molecule has 1 aliphatic rings. The predicted octanol–water partition coefficient (Wildman–Crippen LogP) is 1.50. The van der Waals surface area contributed by atoms with E-state index in [0.29, 0.717) is 17.1 Å². The zero-order valence-electron chi connectivity index (χ0n) is 11.6. The van der Waals surface area contributed by atoms with Crippen LogP contribution in [0.15, 0.2) is 45.1 Å². The third kappa shape index (κ3) is 1.82. The molecular weight excluding hydrogens is 270 g/mol. The predicted molar refractivity (Wildman–Crippen MR) is 74.4 cm³/mol. The van der Waals surface area contributed by atoms with Crippen molar-refractivity contribution in [3.05, 3.63) is 63.3 Å². The highest BCUT2D eigenvalue weighted by Crippen LogP contribution is 2.40. The molecule has 1 aliphatic heterocycles. The van der Waals surface area contributed by atoms with Gasteiger partial charge in [-0.05, 0) is 19.1 Å². The van der Waals surface area contributed by atoms with Gasteiger partial charge in [-0.3, -0.25) is 4.79 Å². The maximum Gasteiger partial charge on any atom is 0.258 e. The van der Waals surface area contributed by atoms with Crippen molar-refractivity contribution in [1.29, 1.82) is 5.26 Å². The van der Waals surface area contributed by atoms with Crippen LogP contribution in [0.4, 0.5) is 0 Å². The highest BCUT2D eigenvalue weighted by molar-refractivity contribution is 5.53. The van der Waals surface area contributed by atoms with Crippen LogP contribution in [0.5, 0.6) is 5.75 Å². The van der Waals surface area contributed by atoms with E-state index in [2.05, 4.69) is 0 Å². The summed E-state index contributed by atoms with van der Waals surface area (Å²) in [6.07, 6.45) is 1.49. The van der Waals surface area contributed by atoms with Gasteiger partial charge in [0.05, 0.1) is 17.7 Å². The summed E-state index contributed by atoms with van der Waals surface area (Å²) in [6, 6.07) is 7.16. The number of nitrogens with zero attached hydrogens (tertiary/aromatic N) is 2. The number of furan rings is 1. The highest BCUT2D eigenvalue weighted by Gasteiger charge is 2.35. The number of pyridine rings is 1. The van der Waals surface area contributed by atoms with Gasteiger partial charge in [-0.15, -0.1) is 0 Å². The van der Waals surface area contributed by atoms with Gasteiger partial charge in [-0.1, -0.05) is 0 Å². The van der Waals surface area contributed by atoms with Crippen LogP contribution in [-0.2, 0) is 7.05 Å².